The summed E-state index contributed by atoms with van der Waals surface area (Å²) in [6.45, 7) is 1.52. The normalized spacial score (nSPS) is 27.0. The number of nitrogens with two attached hydrogens (primary N) is 6. The van der Waals surface area contributed by atoms with E-state index in [1.54, 1.807) is 18.2 Å². The van der Waals surface area contributed by atoms with Gasteiger partial charge in [0.25, 0.3) is 0 Å². The van der Waals surface area contributed by atoms with Crippen molar-refractivity contribution in [1.82, 2.24) is 0 Å². The lowest BCUT2D eigenvalue weighted by atomic mass is 9.74. The van der Waals surface area contributed by atoms with Crippen LogP contribution in [-0.4, -0.2) is 28.7 Å². The molecule has 1 aromatic carbocycles. The Morgan fingerprint density at radius 1 is 0.917 bits per heavy atom. The summed E-state index contributed by atoms with van der Waals surface area (Å²) in [4.78, 5) is 25.1. The van der Waals surface area contributed by atoms with E-state index in [4.69, 9.17) is 39.1 Å². The molecule has 2 aliphatic rings. The Labute approximate surface area is 137 Å². The summed E-state index contributed by atoms with van der Waals surface area (Å²) < 4.78 is 5.62. The molecule has 1 aliphatic carbocycles. The Morgan fingerprint density at radius 3 is 2.04 bits per heavy atom. The number of Topliss-reactive ketones (excluding diaryl/α,β-unsaturated/α-hetero) is 2. The Morgan fingerprint density at radius 2 is 1.46 bits per heavy atom. The number of rotatable bonds is 0. The number of fused-ring (bicyclic) bond motifs is 2. The third kappa shape index (κ3) is 1.85. The Bertz CT molecular complexity index is 796. The smallest absolute Gasteiger partial charge is 0.247 e. The summed E-state index contributed by atoms with van der Waals surface area (Å²) in [5.41, 5.74) is 32.6. The quantitative estimate of drug-likeness (QED) is 0.222. The standard InChI is InChI=1S/C15H20N6O3/c1-6-9-11(23)10(22)7-4-2-3-5-8(7)12(9)24-15(20,21)14(18,19)13(6,16)17/h2-6H,16-21H2,1H3. The van der Waals surface area contributed by atoms with Crippen molar-refractivity contribution in [3.05, 3.63) is 41.0 Å². The lowest BCUT2D eigenvalue weighted by Crippen LogP contribution is -2.90. The molecule has 1 heterocycles. The monoisotopic (exact) mass is 332 g/mol. The van der Waals surface area contributed by atoms with Crippen molar-refractivity contribution in [2.24, 2.45) is 40.3 Å². The van der Waals surface area contributed by atoms with Gasteiger partial charge in [-0.3, -0.25) is 21.1 Å². The van der Waals surface area contributed by atoms with Crippen molar-refractivity contribution >= 4 is 17.3 Å². The lowest BCUT2D eigenvalue weighted by molar-refractivity contribution is -0.112. The molecule has 0 fully saturated rings. The number of ketones is 2. The van der Waals surface area contributed by atoms with E-state index in [-0.39, 0.29) is 16.9 Å². The van der Waals surface area contributed by atoms with Crippen molar-refractivity contribution in [2.75, 3.05) is 0 Å². The molecule has 9 nitrogen and oxygen atoms in total. The molecule has 1 aromatic rings. The number of ether oxygens (including phenoxy) is 1. The van der Waals surface area contributed by atoms with Crippen molar-refractivity contribution < 1.29 is 14.3 Å². The van der Waals surface area contributed by atoms with Gasteiger partial charge < -0.3 is 27.7 Å². The summed E-state index contributed by atoms with van der Waals surface area (Å²) in [6.07, 6.45) is 0. The molecule has 3 rings (SSSR count). The van der Waals surface area contributed by atoms with Gasteiger partial charge in [-0.15, -0.1) is 0 Å². The van der Waals surface area contributed by atoms with Gasteiger partial charge in [-0.25, -0.2) is 0 Å². The van der Waals surface area contributed by atoms with E-state index in [1.807, 2.05) is 0 Å². The van der Waals surface area contributed by atoms with Gasteiger partial charge in [-0.2, -0.15) is 0 Å². The highest BCUT2D eigenvalue weighted by atomic mass is 16.5. The van der Waals surface area contributed by atoms with Gasteiger partial charge in [0.05, 0.1) is 5.57 Å². The number of hydrogen-bond acceptors (Lipinski definition) is 9. The highest BCUT2D eigenvalue weighted by Gasteiger charge is 2.62. The van der Waals surface area contributed by atoms with E-state index >= 15 is 0 Å². The molecule has 0 aromatic heterocycles. The molecule has 0 radical (unpaired) electrons. The first-order valence-corrected chi connectivity index (χ1v) is 7.28. The number of benzene rings is 1. The molecule has 0 bridgehead atoms. The topological polar surface area (TPSA) is 199 Å². The van der Waals surface area contributed by atoms with Crippen molar-refractivity contribution in [1.29, 1.82) is 0 Å². The molecular formula is C15H20N6O3. The average molecular weight is 332 g/mol. The van der Waals surface area contributed by atoms with Crippen LogP contribution in [0.4, 0.5) is 0 Å². The third-order valence-electron chi connectivity index (χ3n) is 4.90. The van der Waals surface area contributed by atoms with Crippen LogP contribution in [0.5, 0.6) is 0 Å². The molecule has 0 saturated heterocycles. The van der Waals surface area contributed by atoms with E-state index in [2.05, 4.69) is 0 Å². The molecule has 1 aliphatic heterocycles. The summed E-state index contributed by atoms with van der Waals surface area (Å²) in [5, 5.41) is 0. The van der Waals surface area contributed by atoms with Crippen LogP contribution in [0.25, 0.3) is 5.76 Å². The fourth-order valence-electron chi connectivity index (χ4n) is 3.06. The van der Waals surface area contributed by atoms with Gasteiger partial charge in [-0.1, -0.05) is 31.2 Å². The average Bonchev–Trinajstić information content (AvgIpc) is 2.54. The fraction of sp³-hybridized carbons (Fsp3) is 0.333. The number of hydrogen-bond donors (Lipinski definition) is 6. The predicted octanol–water partition coefficient (Wildman–Crippen LogP) is -2.37. The highest BCUT2D eigenvalue weighted by Crippen LogP contribution is 2.42. The number of carbonyl (C=O) groups excluding carboxylic acids is 2. The van der Waals surface area contributed by atoms with E-state index in [9.17, 15) is 9.59 Å². The van der Waals surface area contributed by atoms with E-state index in [0.29, 0.717) is 5.56 Å². The molecular weight excluding hydrogens is 312 g/mol. The molecule has 1 unspecified atom stereocenters. The summed E-state index contributed by atoms with van der Waals surface area (Å²) in [7, 11) is 0. The van der Waals surface area contributed by atoms with E-state index in [1.165, 1.54) is 13.0 Å². The second-order valence-electron chi connectivity index (χ2n) is 6.37. The summed E-state index contributed by atoms with van der Waals surface area (Å²) in [5.74, 6) is -4.61. The first-order chi connectivity index (χ1) is 10.9. The van der Waals surface area contributed by atoms with E-state index in [0.717, 1.165) is 0 Å². The first kappa shape index (κ1) is 16.7. The zero-order valence-corrected chi connectivity index (χ0v) is 13.1. The Balaban J connectivity index is 2.36. The van der Waals surface area contributed by atoms with Crippen LogP contribution in [0.15, 0.2) is 29.8 Å². The molecule has 24 heavy (non-hydrogen) atoms. The maximum Gasteiger partial charge on any atom is 0.247 e. The van der Waals surface area contributed by atoms with Gasteiger partial charge in [0.2, 0.25) is 17.4 Å². The molecule has 0 amide bonds. The van der Waals surface area contributed by atoms with Crippen molar-refractivity contribution in [2.45, 2.75) is 24.1 Å². The second-order valence-corrected chi connectivity index (χ2v) is 6.37. The summed E-state index contributed by atoms with van der Waals surface area (Å²) in [6, 6.07) is 6.41. The van der Waals surface area contributed by atoms with Gasteiger partial charge in [0.1, 0.15) is 11.4 Å². The largest absolute Gasteiger partial charge is 0.455 e. The third-order valence-corrected chi connectivity index (χ3v) is 4.90. The molecule has 1 atom stereocenters. The minimum Gasteiger partial charge on any atom is -0.455 e. The van der Waals surface area contributed by atoms with Gasteiger partial charge in [0.15, 0.2) is 5.66 Å². The highest BCUT2D eigenvalue weighted by molar-refractivity contribution is 6.52. The maximum atomic E-state index is 12.6. The summed E-state index contributed by atoms with van der Waals surface area (Å²) >= 11 is 0. The molecule has 0 spiro atoms. The minimum absolute atomic E-state index is 0.0192. The number of carbonyl (C=O) groups is 2. The lowest BCUT2D eigenvalue weighted by Gasteiger charge is -2.48. The van der Waals surface area contributed by atoms with Crippen LogP contribution >= 0.6 is 0 Å². The first-order valence-electron chi connectivity index (χ1n) is 7.28. The Hall–Kier alpha value is -2.14. The predicted molar refractivity (Wildman–Crippen MR) is 86.3 cm³/mol. The zero-order valence-electron chi connectivity index (χ0n) is 13.1. The molecule has 9 heteroatoms. The van der Waals surface area contributed by atoms with Crippen LogP contribution in [0, 0.1) is 5.92 Å². The maximum absolute atomic E-state index is 12.6. The Kier molecular flexibility index (Phi) is 3.27. The SMILES string of the molecule is CC1C2=C(OC(N)(N)C(N)(N)C1(N)N)c1ccccc1C(=O)C2=O. The van der Waals surface area contributed by atoms with E-state index < -0.39 is 34.7 Å². The van der Waals surface area contributed by atoms with Gasteiger partial charge in [0, 0.05) is 17.0 Å². The molecule has 0 saturated carbocycles. The van der Waals surface area contributed by atoms with Crippen molar-refractivity contribution in [3.8, 4) is 0 Å². The van der Waals surface area contributed by atoms with Crippen LogP contribution in [0.1, 0.15) is 22.8 Å². The second kappa shape index (κ2) is 4.70. The van der Waals surface area contributed by atoms with Crippen LogP contribution < -0.4 is 34.4 Å². The fourth-order valence-corrected chi connectivity index (χ4v) is 3.06. The van der Waals surface area contributed by atoms with Crippen LogP contribution in [0.3, 0.4) is 0 Å². The zero-order chi connectivity index (χ0) is 18.1. The molecule has 12 N–H and O–H groups in total. The van der Waals surface area contributed by atoms with Gasteiger partial charge >= 0.3 is 0 Å². The van der Waals surface area contributed by atoms with Crippen LogP contribution in [-0.2, 0) is 9.53 Å². The minimum atomic E-state index is -2.18. The van der Waals surface area contributed by atoms with Gasteiger partial charge in [-0.05, 0) is 0 Å². The van der Waals surface area contributed by atoms with Crippen LogP contribution in [0.2, 0.25) is 0 Å². The molecule has 128 valence electrons. The van der Waals surface area contributed by atoms with Crippen molar-refractivity contribution in [3.63, 3.8) is 0 Å².